The zero-order valence-electron chi connectivity index (χ0n) is 14.5. The molecule has 2 heterocycles. The molecular formula is C16H14ClF3N2O5S2. The van der Waals surface area contributed by atoms with Crippen molar-refractivity contribution < 1.29 is 36.3 Å². The second-order valence-corrected chi connectivity index (χ2v) is 10.3. The molecule has 2 aliphatic rings. The first-order valence-corrected chi connectivity index (χ1v) is 11.3. The molecular weight excluding hydrogens is 457 g/mol. The van der Waals surface area contributed by atoms with E-state index in [-0.39, 0.29) is 28.8 Å². The molecule has 1 aromatic rings. The molecule has 158 valence electrons. The van der Waals surface area contributed by atoms with E-state index >= 15 is 0 Å². The molecule has 0 aliphatic carbocycles. The number of halogens is 4. The van der Waals surface area contributed by atoms with Crippen LogP contribution in [0.15, 0.2) is 23.2 Å². The van der Waals surface area contributed by atoms with Crippen molar-refractivity contribution in [1.82, 2.24) is 0 Å². The van der Waals surface area contributed by atoms with Gasteiger partial charge in [0.1, 0.15) is 0 Å². The monoisotopic (exact) mass is 470 g/mol. The Hall–Kier alpha value is -1.79. The Balaban J connectivity index is 2.01. The number of aliphatic imine (C=N–C) groups is 1. The number of nitrogens with zero attached hydrogens (tertiary/aromatic N) is 2. The lowest BCUT2D eigenvalue weighted by molar-refractivity contribution is -0.138. The molecule has 2 fully saturated rings. The Labute approximate surface area is 172 Å². The molecule has 0 bridgehead atoms. The zero-order valence-corrected chi connectivity index (χ0v) is 16.9. The third kappa shape index (κ3) is 4.86. The van der Waals surface area contributed by atoms with Gasteiger partial charge < -0.3 is 10.0 Å². The van der Waals surface area contributed by atoms with Crippen LogP contribution in [0.4, 0.5) is 18.9 Å². The summed E-state index contributed by atoms with van der Waals surface area (Å²) in [4.78, 5) is 27.8. The van der Waals surface area contributed by atoms with Crippen LogP contribution in [0.3, 0.4) is 0 Å². The first-order chi connectivity index (χ1) is 13.4. The van der Waals surface area contributed by atoms with Gasteiger partial charge in [0.15, 0.2) is 15.0 Å². The van der Waals surface area contributed by atoms with Crippen LogP contribution in [0.2, 0.25) is 5.02 Å². The standard InChI is InChI=1S/C16H14ClF3N2O5S2/c17-10-2-1-8(5-9(10)16(18,19)20)22-11-6-29(26,27)7-12(11)28-15(22)21-13(23)3-4-14(24)25/h1-2,5,11-12H,3-4,6-7H2,(H,24,25)/t11-,12-/m0/s1. The lowest BCUT2D eigenvalue weighted by Gasteiger charge is -2.25. The fraction of sp³-hybridized carbons (Fsp3) is 0.438. The van der Waals surface area contributed by atoms with Gasteiger partial charge in [0, 0.05) is 17.4 Å². The number of rotatable bonds is 4. The molecule has 7 nitrogen and oxygen atoms in total. The SMILES string of the molecule is O=C(O)CCC(=O)N=C1S[C@H]2CS(=O)(=O)C[C@@H]2N1c1ccc(Cl)c(C(F)(F)F)c1. The number of aliphatic carboxylic acids is 1. The first kappa shape index (κ1) is 21.9. The third-order valence-corrected chi connectivity index (χ3v) is 7.91. The van der Waals surface area contributed by atoms with Crippen molar-refractivity contribution in [3.63, 3.8) is 0 Å². The third-order valence-electron chi connectivity index (χ3n) is 4.37. The van der Waals surface area contributed by atoms with Crippen LogP contribution in [-0.2, 0) is 25.6 Å². The number of hydrogen-bond acceptors (Lipinski definition) is 5. The van der Waals surface area contributed by atoms with E-state index in [0.717, 1.165) is 23.9 Å². The summed E-state index contributed by atoms with van der Waals surface area (Å²) < 4.78 is 63.7. The number of alkyl halides is 3. The van der Waals surface area contributed by atoms with Gasteiger partial charge in [-0.25, -0.2) is 8.42 Å². The summed E-state index contributed by atoms with van der Waals surface area (Å²) in [7, 11) is -3.39. The Kier molecular flexibility index (Phi) is 5.89. The number of carbonyl (C=O) groups excluding carboxylic acids is 1. The molecule has 2 saturated heterocycles. The summed E-state index contributed by atoms with van der Waals surface area (Å²) in [5.41, 5.74) is -1.09. The summed E-state index contributed by atoms with van der Waals surface area (Å²) in [5.74, 6) is -2.43. The van der Waals surface area contributed by atoms with E-state index in [1.165, 1.54) is 11.0 Å². The van der Waals surface area contributed by atoms with Crippen molar-refractivity contribution in [2.45, 2.75) is 30.3 Å². The first-order valence-electron chi connectivity index (χ1n) is 8.24. The van der Waals surface area contributed by atoms with E-state index in [1.807, 2.05) is 0 Å². The summed E-state index contributed by atoms with van der Waals surface area (Å²) in [5, 5.41) is 7.70. The van der Waals surface area contributed by atoms with Crippen molar-refractivity contribution in [3.8, 4) is 0 Å². The summed E-state index contributed by atoms with van der Waals surface area (Å²) >= 11 is 6.64. The largest absolute Gasteiger partial charge is 0.481 e. The van der Waals surface area contributed by atoms with Gasteiger partial charge in [-0.05, 0) is 18.2 Å². The van der Waals surface area contributed by atoms with Crippen LogP contribution in [0, 0.1) is 0 Å². The molecule has 13 heteroatoms. The number of amidine groups is 1. The number of amides is 1. The summed E-state index contributed by atoms with van der Waals surface area (Å²) in [6.07, 6.45) is -5.55. The van der Waals surface area contributed by atoms with Gasteiger partial charge in [-0.2, -0.15) is 18.2 Å². The van der Waals surface area contributed by atoms with Crippen molar-refractivity contribution in [2.75, 3.05) is 16.4 Å². The second-order valence-electron chi connectivity index (χ2n) is 6.51. The van der Waals surface area contributed by atoms with Crippen LogP contribution < -0.4 is 4.90 Å². The average Bonchev–Trinajstić information content (AvgIpc) is 3.03. The van der Waals surface area contributed by atoms with Gasteiger partial charge in [-0.3, -0.25) is 9.59 Å². The lowest BCUT2D eigenvalue weighted by Crippen LogP contribution is -2.37. The molecule has 0 aromatic heterocycles. The maximum Gasteiger partial charge on any atom is 0.417 e. The van der Waals surface area contributed by atoms with Crippen LogP contribution in [-0.4, -0.2) is 53.4 Å². The Bertz CT molecular complexity index is 997. The molecule has 1 amide bonds. The van der Waals surface area contributed by atoms with Crippen molar-refractivity contribution in [2.24, 2.45) is 4.99 Å². The highest BCUT2D eigenvalue weighted by molar-refractivity contribution is 8.16. The topological polar surface area (TPSA) is 104 Å². The van der Waals surface area contributed by atoms with Crippen LogP contribution in [0.1, 0.15) is 18.4 Å². The predicted molar refractivity (Wildman–Crippen MR) is 102 cm³/mol. The van der Waals surface area contributed by atoms with Gasteiger partial charge in [0.25, 0.3) is 0 Å². The molecule has 0 saturated carbocycles. The Morgan fingerprint density at radius 1 is 1.28 bits per heavy atom. The fourth-order valence-electron chi connectivity index (χ4n) is 3.12. The van der Waals surface area contributed by atoms with E-state index in [0.29, 0.717) is 0 Å². The molecule has 1 aromatic carbocycles. The van der Waals surface area contributed by atoms with Gasteiger partial charge in [0.2, 0.25) is 5.91 Å². The molecule has 0 unspecified atom stereocenters. The highest BCUT2D eigenvalue weighted by atomic mass is 35.5. The maximum atomic E-state index is 13.2. The number of carboxylic acid groups (broad SMARTS) is 1. The molecule has 2 atom stereocenters. The highest BCUT2D eigenvalue weighted by Crippen LogP contribution is 2.43. The predicted octanol–water partition coefficient (Wildman–Crippen LogP) is 2.83. The normalized spacial score (nSPS) is 24.7. The van der Waals surface area contributed by atoms with Crippen LogP contribution in [0.25, 0.3) is 0 Å². The number of anilines is 1. The summed E-state index contributed by atoms with van der Waals surface area (Å²) in [6, 6.07) is 2.43. The van der Waals surface area contributed by atoms with E-state index in [4.69, 9.17) is 16.7 Å². The molecule has 29 heavy (non-hydrogen) atoms. The van der Waals surface area contributed by atoms with Gasteiger partial charge in [-0.15, -0.1) is 0 Å². The summed E-state index contributed by atoms with van der Waals surface area (Å²) in [6.45, 7) is 0. The zero-order chi connectivity index (χ0) is 21.6. The second kappa shape index (κ2) is 7.80. The van der Waals surface area contributed by atoms with Gasteiger partial charge in [0.05, 0.1) is 34.6 Å². The number of sulfone groups is 1. The number of thioether (sulfide) groups is 1. The number of carboxylic acids is 1. The average molecular weight is 471 g/mol. The fourth-order valence-corrected chi connectivity index (χ4v) is 7.28. The highest BCUT2D eigenvalue weighted by Gasteiger charge is 2.49. The van der Waals surface area contributed by atoms with E-state index in [1.54, 1.807) is 0 Å². The molecule has 3 rings (SSSR count). The van der Waals surface area contributed by atoms with E-state index in [9.17, 15) is 31.2 Å². The number of carbonyl (C=O) groups is 2. The molecule has 2 aliphatic heterocycles. The Morgan fingerprint density at radius 3 is 2.59 bits per heavy atom. The lowest BCUT2D eigenvalue weighted by atomic mass is 10.1. The maximum absolute atomic E-state index is 13.2. The van der Waals surface area contributed by atoms with Crippen molar-refractivity contribution >= 4 is 55.9 Å². The smallest absolute Gasteiger partial charge is 0.417 e. The van der Waals surface area contributed by atoms with Crippen molar-refractivity contribution in [1.29, 1.82) is 0 Å². The minimum atomic E-state index is -4.73. The van der Waals surface area contributed by atoms with Gasteiger partial charge in [-0.1, -0.05) is 23.4 Å². The van der Waals surface area contributed by atoms with Crippen LogP contribution in [0.5, 0.6) is 0 Å². The number of benzene rings is 1. The quantitative estimate of drug-likeness (QED) is 0.721. The van der Waals surface area contributed by atoms with Crippen LogP contribution >= 0.6 is 23.4 Å². The van der Waals surface area contributed by atoms with Crippen molar-refractivity contribution in [3.05, 3.63) is 28.8 Å². The van der Waals surface area contributed by atoms with E-state index < -0.39 is 56.2 Å². The van der Waals surface area contributed by atoms with E-state index in [2.05, 4.69) is 4.99 Å². The molecule has 1 N–H and O–H groups in total. The molecule has 0 spiro atoms. The minimum Gasteiger partial charge on any atom is -0.481 e. The number of hydrogen-bond donors (Lipinski definition) is 1. The number of fused-ring (bicyclic) bond motifs is 1. The molecule has 0 radical (unpaired) electrons. The minimum absolute atomic E-state index is 0.00334. The Morgan fingerprint density at radius 2 is 1.97 bits per heavy atom. The van der Waals surface area contributed by atoms with Gasteiger partial charge >= 0.3 is 12.1 Å².